The molecule has 1 aromatic heterocycles. The molecule has 9 heteroatoms. The van der Waals surface area contributed by atoms with Crippen LogP contribution in [0.3, 0.4) is 0 Å². The summed E-state index contributed by atoms with van der Waals surface area (Å²) < 4.78 is 1.04. The Morgan fingerprint density at radius 2 is 1.93 bits per heavy atom. The minimum Gasteiger partial charge on any atom is -0.340 e. The Morgan fingerprint density at radius 3 is 2.63 bits per heavy atom. The number of nitrogens with one attached hydrogen (secondary N) is 1. The number of nitrogens with zero attached hydrogens (tertiary/aromatic N) is 3. The largest absolute Gasteiger partial charge is 0.340 e. The Labute approximate surface area is 176 Å². The van der Waals surface area contributed by atoms with Gasteiger partial charge in [-0.1, -0.05) is 30.3 Å². The van der Waals surface area contributed by atoms with E-state index >= 15 is 0 Å². The molecule has 0 aliphatic carbocycles. The van der Waals surface area contributed by atoms with E-state index in [4.69, 9.17) is 0 Å². The number of carbonyl (C=O) groups is 2. The van der Waals surface area contributed by atoms with Gasteiger partial charge in [0.25, 0.3) is 17.5 Å². The average molecular weight is 422 g/mol. The molecule has 3 rings (SSSR count). The summed E-state index contributed by atoms with van der Waals surface area (Å²) in [5.41, 5.74) is 0.357. The number of nitriles is 1. The molecule has 152 valence electrons. The molecule has 1 heterocycles. The Balaban J connectivity index is 1.94. The molecule has 0 spiro atoms. The van der Waals surface area contributed by atoms with Crippen LogP contribution in [0.25, 0.3) is 10.1 Å². The van der Waals surface area contributed by atoms with Gasteiger partial charge in [0.05, 0.1) is 4.92 Å². The molecule has 0 fully saturated rings. The second-order valence-corrected chi connectivity index (χ2v) is 7.36. The third-order valence-corrected chi connectivity index (χ3v) is 5.65. The van der Waals surface area contributed by atoms with Crippen LogP contribution in [0.5, 0.6) is 0 Å². The van der Waals surface area contributed by atoms with Gasteiger partial charge in [-0.15, -0.1) is 11.3 Å². The lowest BCUT2D eigenvalue weighted by Gasteiger charge is -2.21. The molecule has 2 aromatic carbocycles. The second-order valence-electron chi connectivity index (χ2n) is 6.44. The van der Waals surface area contributed by atoms with E-state index in [1.165, 1.54) is 35.6 Å². The van der Waals surface area contributed by atoms with Gasteiger partial charge in [-0.25, -0.2) is 4.90 Å². The molecule has 2 amide bonds. The lowest BCUT2D eigenvalue weighted by molar-refractivity contribution is -0.385. The third-order valence-electron chi connectivity index (χ3n) is 4.64. The first-order chi connectivity index (χ1) is 14.5. The van der Waals surface area contributed by atoms with E-state index in [-0.39, 0.29) is 24.2 Å². The standard InChI is InChI=1S/C21H18N4O4S/c1-2-24(13-22)21(27)17(11-14-12-30-19-10-6-4-7-15(14)19)23-20(26)16-8-3-5-9-18(16)25(28)29/h3-10,12,17H,2,11H2,1H3,(H,23,26). The maximum Gasteiger partial charge on any atom is 0.282 e. The van der Waals surface area contributed by atoms with Gasteiger partial charge in [0.15, 0.2) is 6.19 Å². The van der Waals surface area contributed by atoms with Crippen LogP contribution in [0, 0.1) is 21.6 Å². The summed E-state index contributed by atoms with van der Waals surface area (Å²) in [5.74, 6) is -1.31. The van der Waals surface area contributed by atoms with Crippen molar-refractivity contribution in [1.82, 2.24) is 10.2 Å². The first-order valence-corrected chi connectivity index (χ1v) is 10.0. The molecule has 1 N–H and O–H groups in total. The zero-order chi connectivity index (χ0) is 21.7. The number of hydrogen-bond acceptors (Lipinski definition) is 6. The van der Waals surface area contributed by atoms with Crippen LogP contribution in [0.2, 0.25) is 0 Å². The third kappa shape index (κ3) is 4.29. The fourth-order valence-corrected chi connectivity index (χ4v) is 4.11. The number of likely N-dealkylation sites (N-methyl/N-ethyl adjacent to an activating group) is 1. The molecule has 0 saturated carbocycles. The van der Waals surface area contributed by atoms with E-state index < -0.39 is 22.8 Å². The van der Waals surface area contributed by atoms with Crippen LogP contribution in [-0.2, 0) is 11.2 Å². The predicted molar refractivity (Wildman–Crippen MR) is 113 cm³/mol. The van der Waals surface area contributed by atoms with Crippen molar-refractivity contribution >= 4 is 38.9 Å². The average Bonchev–Trinajstić information content (AvgIpc) is 3.16. The van der Waals surface area contributed by atoms with E-state index in [0.29, 0.717) is 0 Å². The van der Waals surface area contributed by atoms with Gasteiger partial charge in [-0.05, 0) is 35.4 Å². The summed E-state index contributed by atoms with van der Waals surface area (Å²) in [7, 11) is 0. The van der Waals surface area contributed by atoms with Crippen LogP contribution >= 0.6 is 11.3 Å². The number of fused-ring (bicyclic) bond motifs is 1. The van der Waals surface area contributed by atoms with Crippen molar-refractivity contribution in [2.24, 2.45) is 0 Å². The van der Waals surface area contributed by atoms with Gasteiger partial charge >= 0.3 is 0 Å². The topological polar surface area (TPSA) is 116 Å². The van der Waals surface area contributed by atoms with Crippen molar-refractivity contribution in [1.29, 1.82) is 5.26 Å². The Hall–Kier alpha value is -3.77. The first kappa shape index (κ1) is 21.0. The van der Waals surface area contributed by atoms with Gasteiger partial charge in [-0.3, -0.25) is 19.7 Å². The summed E-state index contributed by atoms with van der Waals surface area (Å²) in [4.78, 5) is 37.3. The van der Waals surface area contributed by atoms with Crippen molar-refractivity contribution in [2.45, 2.75) is 19.4 Å². The summed E-state index contributed by atoms with van der Waals surface area (Å²) >= 11 is 1.52. The molecule has 0 radical (unpaired) electrons. The number of rotatable bonds is 7. The monoisotopic (exact) mass is 422 g/mol. The molecule has 0 saturated heterocycles. The van der Waals surface area contributed by atoms with Crippen molar-refractivity contribution in [3.63, 3.8) is 0 Å². The highest BCUT2D eigenvalue weighted by Crippen LogP contribution is 2.27. The second kappa shape index (κ2) is 9.15. The zero-order valence-electron chi connectivity index (χ0n) is 16.1. The van der Waals surface area contributed by atoms with Gasteiger partial charge in [0.2, 0.25) is 0 Å². The van der Waals surface area contributed by atoms with E-state index in [2.05, 4.69) is 5.32 Å². The van der Waals surface area contributed by atoms with E-state index in [1.54, 1.807) is 6.92 Å². The van der Waals surface area contributed by atoms with Crippen LogP contribution in [0.15, 0.2) is 53.9 Å². The van der Waals surface area contributed by atoms with Gasteiger partial charge in [0.1, 0.15) is 11.6 Å². The summed E-state index contributed by atoms with van der Waals surface area (Å²) in [6.45, 7) is 1.81. The van der Waals surface area contributed by atoms with Crippen molar-refractivity contribution < 1.29 is 14.5 Å². The lowest BCUT2D eigenvalue weighted by Crippen LogP contribution is -2.48. The normalized spacial score (nSPS) is 11.5. The minimum atomic E-state index is -1.05. The fourth-order valence-electron chi connectivity index (χ4n) is 3.14. The molecule has 0 bridgehead atoms. The Bertz CT molecular complexity index is 1150. The number of para-hydroxylation sites is 1. The maximum absolute atomic E-state index is 12.9. The van der Waals surface area contributed by atoms with Gasteiger partial charge in [0, 0.05) is 23.7 Å². The Kier molecular flexibility index (Phi) is 6.39. The van der Waals surface area contributed by atoms with Gasteiger partial charge in [-0.2, -0.15) is 5.26 Å². The number of carbonyl (C=O) groups excluding carboxylic acids is 2. The fraction of sp³-hybridized carbons (Fsp3) is 0.190. The summed E-state index contributed by atoms with van der Waals surface area (Å²) in [6.07, 6.45) is 1.98. The SMILES string of the molecule is CCN(C#N)C(=O)C(Cc1csc2ccccc12)NC(=O)c1ccccc1[N+](=O)[O-]. The number of amides is 2. The quantitative estimate of drug-likeness (QED) is 0.271. The summed E-state index contributed by atoms with van der Waals surface area (Å²) in [6, 6.07) is 12.2. The molecule has 30 heavy (non-hydrogen) atoms. The number of nitro benzene ring substituents is 1. The molecular formula is C21H18N4O4S. The van der Waals surface area contributed by atoms with Crippen LogP contribution in [0.1, 0.15) is 22.8 Å². The Morgan fingerprint density at radius 1 is 1.23 bits per heavy atom. The highest BCUT2D eigenvalue weighted by molar-refractivity contribution is 7.17. The predicted octanol–water partition coefficient (Wildman–Crippen LogP) is 3.48. The van der Waals surface area contributed by atoms with Gasteiger partial charge < -0.3 is 5.32 Å². The lowest BCUT2D eigenvalue weighted by atomic mass is 10.0. The van der Waals surface area contributed by atoms with Crippen molar-refractivity contribution in [3.8, 4) is 6.19 Å². The molecule has 3 aromatic rings. The number of thiophene rings is 1. The van der Waals surface area contributed by atoms with Crippen molar-refractivity contribution in [3.05, 3.63) is 75.2 Å². The molecule has 0 aliphatic heterocycles. The minimum absolute atomic E-state index is 0.143. The summed E-state index contributed by atoms with van der Waals surface area (Å²) in [5, 5.41) is 26.0. The maximum atomic E-state index is 12.9. The smallest absolute Gasteiger partial charge is 0.282 e. The number of nitro groups is 1. The van der Waals surface area contributed by atoms with Crippen LogP contribution < -0.4 is 5.32 Å². The zero-order valence-corrected chi connectivity index (χ0v) is 16.9. The van der Waals surface area contributed by atoms with E-state index in [1.807, 2.05) is 35.8 Å². The molecular weight excluding hydrogens is 404 g/mol. The van der Waals surface area contributed by atoms with Crippen molar-refractivity contribution in [2.75, 3.05) is 6.54 Å². The van der Waals surface area contributed by atoms with E-state index in [0.717, 1.165) is 20.5 Å². The first-order valence-electron chi connectivity index (χ1n) is 9.16. The highest BCUT2D eigenvalue weighted by atomic mass is 32.1. The molecule has 0 aliphatic rings. The van der Waals surface area contributed by atoms with E-state index in [9.17, 15) is 25.0 Å². The molecule has 1 atom stereocenters. The number of benzene rings is 2. The highest BCUT2D eigenvalue weighted by Gasteiger charge is 2.29. The molecule has 1 unspecified atom stereocenters. The molecule has 8 nitrogen and oxygen atoms in total. The van der Waals surface area contributed by atoms with Crippen LogP contribution in [-0.4, -0.2) is 34.2 Å². The number of hydrogen-bond donors (Lipinski definition) is 1. The van der Waals surface area contributed by atoms with Crippen LogP contribution in [0.4, 0.5) is 5.69 Å².